The Labute approximate surface area is 296 Å². The van der Waals surface area contributed by atoms with Gasteiger partial charge in [0.1, 0.15) is 91.6 Å². The van der Waals surface area contributed by atoms with Crippen LogP contribution in [0.5, 0.6) is 0 Å². The van der Waals surface area contributed by atoms with Gasteiger partial charge in [-0.25, -0.2) is 4.79 Å². The number of carbonyl (C=O) groups is 1. The van der Waals surface area contributed by atoms with Gasteiger partial charge in [0.15, 0.2) is 31.3 Å². The smallest absolute Gasteiger partial charge is 0.335 e. The predicted molar refractivity (Wildman–Crippen MR) is 161 cm³/mol. The monoisotopic (exact) mass is 765 g/mol. The highest BCUT2D eigenvalue weighted by Gasteiger charge is 2.56. The molecular weight excluding hydrogens is 714 g/mol. The number of unbranched alkanes of at least 4 members (excludes halogenated alkanes) is 2. The van der Waals surface area contributed by atoms with Crippen molar-refractivity contribution in [2.75, 3.05) is 33.0 Å². The van der Waals surface area contributed by atoms with Gasteiger partial charge in [-0.3, -0.25) is 0 Å². The Morgan fingerprint density at radius 2 is 0.923 bits per heavy atom. The average molecular weight is 766 g/mol. The first-order valence-electron chi connectivity index (χ1n) is 16.8. The zero-order chi connectivity index (χ0) is 38.4. The number of rotatable bonds is 16. The first-order chi connectivity index (χ1) is 24.7. The van der Waals surface area contributed by atoms with Crippen LogP contribution in [0.3, 0.4) is 0 Å². The van der Waals surface area contributed by atoms with E-state index >= 15 is 0 Å². The third-order valence-corrected chi connectivity index (χ3v) is 9.28. The minimum absolute atomic E-state index is 0.123. The van der Waals surface area contributed by atoms with Gasteiger partial charge in [-0.05, 0) is 25.8 Å². The molecule has 4 aliphatic rings. The van der Waals surface area contributed by atoms with E-state index in [1.54, 1.807) is 0 Å². The summed E-state index contributed by atoms with van der Waals surface area (Å²) in [4.78, 5) is 12.3. The topological polar surface area (TPSA) is 380 Å². The van der Waals surface area contributed by atoms with E-state index < -0.39 is 149 Å². The summed E-state index contributed by atoms with van der Waals surface area (Å²) in [6, 6.07) is 0. The lowest BCUT2D eigenvalue weighted by Gasteiger charge is -2.48. The summed E-state index contributed by atoms with van der Waals surface area (Å²) in [5.74, 6) is -1.79. The molecule has 4 fully saturated rings. The van der Waals surface area contributed by atoms with Crippen molar-refractivity contribution in [3.8, 4) is 0 Å². The summed E-state index contributed by atoms with van der Waals surface area (Å²) in [5.41, 5.74) is 5.46. The molecule has 0 unspecified atom stereocenters. The highest BCUT2D eigenvalue weighted by atomic mass is 16.8. The van der Waals surface area contributed by atoms with E-state index in [2.05, 4.69) is 0 Å². The summed E-state index contributed by atoms with van der Waals surface area (Å²) in [5, 5.41) is 135. The van der Waals surface area contributed by atoms with E-state index in [4.69, 9.17) is 43.6 Å². The molecule has 0 aliphatic carbocycles. The van der Waals surface area contributed by atoms with E-state index in [1.165, 1.54) is 0 Å². The molecule has 0 aromatic rings. The Bertz CT molecular complexity index is 1090. The van der Waals surface area contributed by atoms with E-state index in [0.717, 1.165) is 12.8 Å². The summed E-state index contributed by atoms with van der Waals surface area (Å²) in [6.07, 6.45) is -35.0. The number of aliphatic hydroxyl groups is 12. The largest absolute Gasteiger partial charge is 0.479 e. The van der Waals surface area contributed by atoms with Crippen molar-refractivity contribution < 1.29 is 109 Å². The summed E-state index contributed by atoms with van der Waals surface area (Å²) in [7, 11) is 0. The van der Waals surface area contributed by atoms with Gasteiger partial charge in [0, 0.05) is 6.61 Å². The van der Waals surface area contributed by atoms with Crippen molar-refractivity contribution in [3.05, 3.63) is 0 Å². The molecule has 0 radical (unpaired) electrons. The second-order valence-electron chi connectivity index (χ2n) is 12.9. The lowest BCUT2D eigenvalue weighted by Crippen LogP contribution is -2.68. The lowest BCUT2D eigenvalue weighted by atomic mass is 9.95. The molecule has 304 valence electrons. The molecule has 4 aliphatic heterocycles. The van der Waals surface area contributed by atoms with E-state index in [1.807, 2.05) is 0 Å². The molecule has 0 aromatic carbocycles. The fourth-order valence-corrected chi connectivity index (χ4v) is 6.26. The first-order valence-corrected chi connectivity index (χ1v) is 16.8. The number of nitrogens with two attached hydrogens (primary N) is 1. The van der Waals surface area contributed by atoms with Crippen molar-refractivity contribution in [2.24, 2.45) is 5.73 Å². The molecule has 15 N–H and O–H groups in total. The number of ether oxygens (including phenoxy) is 8. The third kappa shape index (κ3) is 9.52. The minimum Gasteiger partial charge on any atom is -0.479 e. The summed E-state index contributed by atoms with van der Waals surface area (Å²) < 4.78 is 43.6. The van der Waals surface area contributed by atoms with Crippen LogP contribution in [0.4, 0.5) is 0 Å². The van der Waals surface area contributed by atoms with Crippen LogP contribution in [0.25, 0.3) is 0 Å². The van der Waals surface area contributed by atoms with Crippen LogP contribution in [0.2, 0.25) is 0 Å². The van der Waals surface area contributed by atoms with Crippen molar-refractivity contribution in [2.45, 2.75) is 142 Å². The maximum Gasteiger partial charge on any atom is 0.335 e. The Morgan fingerprint density at radius 3 is 1.42 bits per heavy atom. The Balaban J connectivity index is 1.42. The quantitative estimate of drug-likeness (QED) is 0.0649. The van der Waals surface area contributed by atoms with E-state index in [-0.39, 0.29) is 6.61 Å². The van der Waals surface area contributed by atoms with Crippen LogP contribution in [0, 0.1) is 0 Å². The van der Waals surface area contributed by atoms with Gasteiger partial charge in [-0.15, -0.1) is 0 Å². The number of carboxylic acid groups (broad SMARTS) is 1. The average Bonchev–Trinajstić information content (AvgIpc) is 3.13. The van der Waals surface area contributed by atoms with Gasteiger partial charge in [0.25, 0.3) is 0 Å². The number of aliphatic carboxylic acids is 1. The maximum absolute atomic E-state index is 12.3. The van der Waals surface area contributed by atoms with Crippen LogP contribution in [0.1, 0.15) is 19.3 Å². The summed E-state index contributed by atoms with van der Waals surface area (Å²) >= 11 is 0. The molecule has 0 spiro atoms. The van der Waals surface area contributed by atoms with Crippen molar-refractivity contribution >= 4 is 5.97 Å². The molecule has 23 heteroatoms. The molecule has 4 heterocycles. The normalized spacial score (nSPS) is 47.3. The second-order valence-corrected chi connectivity index (χ2v) is 12.9. The fourth-order valence-electron chi connectivity index (χ4n) is 6.26. The zero-order valence-corrected chi connectivity index (χ0v) is 27.8. The molecule has 20 atom stereocenters. The zero-order valence-electron chi connectivity index (χ0n) is 27.8. The second kappa shape index (κ2) is 19.5. The molecular formula is C29H51NO22. The van der Waals surface area contributed by atoms with Gasteiger partial charge in [-0.1, -0.05) is 0 Å². The molecule has 0 aromatic heterocycles. The van der Waals surface area contributed by atoms with Gasteiger partial charge < -0.3 is 110 Å². The number of hydrogen-bond acceptors (Lipinski definition) is 22. The molecule has 52 heavy (non-hydrogen) atoms. The van der Waals surface area contributed by atoms with Crippen LogP contribution < -0.4 is 5.73 Å². The highest BCUT2D eigenvalue weighted by Crippen LogP contribution is 2.34. The predicted octanol–water partition coefficient (Wildman–Crippen LogP) is -8.50. The number of carboxylic acids is 1. The van der Waals surface area contributed by atoms with Gasteiger partial charge in [0.05, 0.1) is 19.8 Å². The lowest BCUT2D eigenvalue weighted by molar-refractivity contribution is -0.385. The van der Waals surface area contributed by atoms with E-state index in [0.29, 0.717) is 13.0 Å². The minimum atomic E-state index is -2.20. The molecule has 4 saturated heterocycles. The molecule has 0 saturated carbocycles. The van der Waals surface area contributed by atoms with Crippen LogP contribution in [-0.4, -0.2) is 228 Å². The number of aliphatic hydroxyl groups excluding tert-OH is 12. The standard InChI is InChI=1S/C29H51NO22/c30-4-2-1-3-5-45-26-18(40)14(36)21(10(7-32)47-26)50-29-20(42)16(38)23(24(52-29)25(43)44)51-28-19(41)15(37)22(11(8-33)48-28)49-27-17(39)13(35)12(34)9(6-31)46-27/h9-24,26-29,31-42H,1-8,30H2,(H,43,44)/t9-,10-,11-,12-,13+,14-,15-,16-,17-,18-,19-,20-,21-,22+,23+,24+,26-,27-,28-,29-/m1/s1. The Hall–Kier alpha value is -1.37. The van der Waals surface area contributed by atoms with Crippen LogP contribution in [0.15, 0.2) is 0 Å². The Kier molecular flexibility index (Phi) is 16.2. The van der Waals surface area contributed by atoms with Crippen molar-refractivity contribution in [1.29, 1.82) is 0 Å². The fraction of sp³-hybridized carbons (Fsp3) is 0.966. The molecule has 4 rings (SSSR count). The van der Waals surface area contributed by atoms with Gasteiger partial charge in [0.2, 0.25) is 0 Å². The number of hydrogen-bond donors (Lipinski definition) is 14. The Morgan fingerprint density at radius 1 is 0.500 bits per heavy atom. The van der Waals surface area contributed by atoms with Gasteiger partial charge in [-0.2, -0.15) is 0 Å². The van der Waals surface area contributed by atoms with Crippen LogP contribution >= 0.6 is 0 Å². The van der Waals surface area contributed by atoms with Crippen molar-refractivity contribution in [3.63, 3.8) is 0 Å². The molecule has 0 amide bonds. The third-order valence-electron chi connectivity index (χ3n) is 9.28. The highest BCUT2D eigenvalue weighted by molar-refractivity contribution is 5.73. The van der Waals surface area contributed by atoms with Crippen molar-refractivity contribution in [1.82, 2.24) is 0 Å². The molecule has 0 bridgehead atoms. The SMILES string of the molecule is NCCCCCO[C@@H]1O[C@H](CO)[C@@H](O[C@@H]2O[C@H](C(=O)O)[C@@H](O[C@H]3O[C@H](CO)[C@H](O[C@H]4O[C@H](CO)[C@@H](O)[C@H](O)[C@H]4O)[C@H](O)[C@H]3O)[C@H](O)[C@H]2O)[C@H](O)[C@H]1O. The van der Waals surface area contributed by atoms with E-state index in [9.17, 15) is 71.2 Å². The first kappa shape index (κ1) is 43.4. The summed E-state index contributed by atoms with van der Waals surface area (Å²) in [6.45, 7) is -1.97. The van der Waals surface area contributed by atoms with Crippen LogP contribution in [-0.2, 0) is 42.7 Å². The molecule has 23 nitrogen and oxygen atoms in total. The van der Waals surface area contributed by atoms with Gasteiger partial charge >= 0.3 is 5.97 Å². The maximum atomic E-state index is 12.3.